The molecule has 1 aromatic rings. The zero-order valence-electron chi connectivity index (χ0n) is 16.2. The summed E-state index contributed by atoms with van der Waals surface area (Å²) in [6.45, 7) is -1.59. The Hall–Kier alpha value is -0.720. The molecule has 1 saturated heterocycles. The number of nitrogens with zero attached hydrogens (tertiary/aromatic N) is 1. The number of ether oxygens (including phenoxy) is 3. The van der Waals surface area contributed by atoms with E-state index in [0.717, 1.165) is 10.6 Å². The number of H-pyrrole nitrogens is 1. The number of aromatic nitrogens is 2. The molecule has 0 spiro atoms. The van der Waals surface area contributed by atoms with E-state index in [2.05, 4.69) is 4.98 Å². The van der Waals surface area contributed by atoms with E-state index in [0.29, 0.717) is 0 Å². The number of rotatable bonds is 9. The van der Waals surface area contributed by atoms with Gasteiger partial charge in [0.05, 0.1) is 25.0 Å². The first-order valence-corrected chi connectivity index (χ1v) is 13.8. The van der Waals surface area contributed by atoms with E-state index >= 15 is 0 Å². The van der Waals surface area contributed by atoms with Gasteiger partial charge in [0.1, 0.15) is 12.2 Å². The fourth-order valence-electron chi connectivity index (χ4n) is 3.59. The van der Waals surface area contributed by atoms with Crippen LogP contribution in [0.4, 0.5) is 0 Å². The van der Waals surface area contributed by atoms with Crippen LogP contribution in [0.1, 0.15) is 12.6 Å². The third-order valence-electron chi connectivity index (χ3n) is 4.92. The lowest BCUT2D eigenvalue weighted by atomic mass is 10.1. The number of aromatic amines is 1. The van der Waals surface area contributed by atoms with Gasteiger partial charge in [-0.15, -0.1) is 0 Å². The fourth-order valence-corrected chi connectivity index (χ4v) is 5.77. The van der Waals surface area contributed by atoms with Crippen molar-refractivity contribution in [1.29, 1.82) is 0 Å². The van der Waals surface area contributed by atoms with Crippen LogP contribution in [0.5, 0.6) is 0 Å². The summed E-state index contributed by atoms with van der Waals surface area (Å²) in [4.78, 5) is 55.1. The second-order valence-electron chi connectivity index (χ2n) is 7.27. The average molecular weight is 486 g/mol. The Bertz CT molecular complexity index is 971. The minimum Gasteiger partial charge on any atom is -0.382 e. The van der Waals surface area contributed by atoms with Crippen molar-refractivity contribution in [2.75, 3.05) is 27.0 Å². The van der Waals surface area contributed by atoms with E-state index in [9.17, 15) is 28.8 Å². The van der Waals surface area contributed by atoms with Crippen molar-refractivity contribution in [1.82, 2.24) is 9.55 Å². The van der Waals surface area contributed by atoms with Gasteiger partial charge in [0.15, 0.2) is 12.7 Å². The standard InChI is InChI=1S/C15H24N2O10P2S/c1-24-5-6-25-13-12(27-28(2,20)30)11(8-7-9(8)29(21,22)23)26-14(13)17-4-3-10(18)16-15(17)19/h3-4,8-9,11-14H,5-7H2,1-2H3,(H,20,30)(H,16,18,19)(H2,21,22,23). The summed E-state index contributed by atoms with van der Waals surface area (Å²) in [5.41, 5.74) is -2.28. The van der Waals surface area contributed by atoms with Crippen molar-refractivity contribution in [2.45, 2.75) is 36.6 Å². The summed E-state index contributed by atoms with van der Waals surface area (Å²) in [5, 5.41) is 0. The minimum atomic E-state index is -4.36. The lowest BCUT2D eigenvalue weighted by molar-refractivity contribution is -0.0790. The number of hydrogen-bond acceptors (Lipinski definition) is 8. The van der Waals surface area contributed by atoms with Gasteiger partial charge in [-0.2, -0.15) is 0 Å². The van der Waals surface area contributed by atoms with Gasteiger partial charge < -0.3 is 33.4 Å². The molecule has 1 saturated carbocycles. The van der Waals surface area contributed by atoms with Crippen LogP contribution in [0.2, 0.25) is 0 Å². The van der Waals surface area contributed by atoms with Crippen LogP contribution < -0.4 is 11.2 Å². The first kappa shape index (κ1) is 23.9. The Labute approximate surface area is 176 Å². The molecule has 0 radical (unpaired) electrons. The van der Waals surface area contributed by atoms with Gasteiger partial charge in [0.2, 0.25) is 0 Å². The van der Waals surface area contributed by atoms with Crippen LogP contribution in [0.3, 0.4) is 0 Å². The quantitative estimate of drug-likeness (QED) is 0.258. The van der Waals surface area contributed by atoms with Gasteiger partial charge in [-0.05, 0) is 18.2 Å². The lowest BCUT2D eigenvalue weighted by Gasteiger charge is -2.27. The summed E-state index contributed by atoms with van der Waals surface area (Å²) in [6.07, 6.45) is -2.51. The minimum absolute atomic E-state index is 0.0936. The molecule has 7 atom stereocenters. The molecule has 2 fully saturated rings. The summed E-state index contributed by atoms with van der Waals surface area (Å²) < 4.78 is 35.2. The van der Waals surface area contributed by atoms with Gasteiger partial charge in [0.25, 0.3) is 5.56 Å². The van der Waals surface area contributed by atoms with Crippen molar-refractivity contribution < 1.29 is 38.0 Å². The van der Waals surface area contributed by atoms with E-state index in [1.807, 2.05) is 0 Å². The van der Waals surface area contributed by atoms with Crippen LogP contribution in [-0.4, -0.2) is 75.2 Å². The number of hydrogen-bond donors (Lipinski definition) is 4. The molecule has 1 aromatic heterocycles. The molecule has 0 aromatic carbocycles. The Morgan fingerprint density at radius 1 is 1.30 bits per heavy atom. The van der Waals surface area contributed by atoms with Crippen LogP contribution in [-0.2, 0) is 35.1 Å². The predicted molar refractivity (Wildman–Crippen MR) is 108 cm³/mol. The van der Waals surface area contributed by atoms with Crippen LogP contribution in [0, 0.1) is 5.92 Å². The van der Waals surface area contributed by atoms with E-state index < -0.39 is 61.5 Å². The van der Waals surface area contributed by atoms with E-state index in [-0.39, 0.29) is 19.6 Å². The molecule has 2 aliphatic rings. The molecule has 1 aliphatic carbocycles. The van der Waals surface area contributed by atoms with Gasteiger partial charge in [-0.1, -0.05) is 0 Å². The summed E-state index contributed by atoms with van der Waals surface area (Å²) in [5.74, 6) is -0.575. The monoisotopic (exact) mass is 486 g/mol. The lowest BCUT2D eigenvalue weighted by Crippen LogP contribution is -2.40. The average Bonchev–Trinajstić information content (AvgIpc) is 3.34. The molecule has 3 rings (SSSR count). The van der Waals surface area contributed by atoms with Crippen LogP contribution in [0.15, 0.2) is 21.9 Å². The SMILES string of the molecule is COCCOC1C(OP(C)(O)=S)C(C2CC2P(=O)(O)O)OC1n1ccc(=O)[nH]c1=O. The Morgan fingerprint density at radius 3 is 2.53 bits per heavy atom. The highest BCUT2D eigenvalue weighted by molar-refractivity contribution is 8.09. The highest BCUT2D eigenvalue weighted by Crippen LogP contribution is 2.62. The van der Waals surface area contributed by atoms with Gasteiger partial charge in [-0.25, -0.2) is 4.79 Å². The molecule has 1 aliphatic heterocycles. The molecular formula is C15H24N2O10P2S. The van der Waals surface area contributed by atoms with Crippen molar-refractivity contribution in [3.63, 3.8) is 0 Å². The summed E-state index contributed by atoms with van der Waals surface area (Å²) in [7, 11) is -2.88. The molecular weight excluding hydrogens is 462 g/mol. The fraction of sp³-hybridized carbons (Fsp3) is 0.733. The zero-order chi connectivity index (χ0) is 22.3. The van der Waals surface area contributed by atoms with Gasteiger partial charge >= 0.3 is 13.3 Å². The van der Waals surface area contributed by atoms with E-state index in [1.54, 1.807) is 0 Å². The summed E-state index contributed by atoms with van der Waals surface area (Å²) >= 11 is 5.01. The van der Waals surface area contributed by atoms with E-state index in [4.69, 9.17) is 30.5 Å². The Kier molecular flexibility index (Phi) is 7.20. The molecule has 2 heterocycles. The molecule has 0 bridgehead atoms. The Morgan fingerprint density at radius 2 is 2.00 bits per heavy atom. The zero-order valence-corrected chi connectivity index (χ0v) is 18.8. The largest absolute Gasteiger partial charge is 0.382 e. The van der Waals surface area contributed by atoms with Crippen LogP contribution in [0.25, 0.3) is 0 Å². The maximum atomic E-state index is 12.3. The third-order valence-corrected chi connectivity index (χ3v) is 7.27. The van der Waals surface area contributed by atoms with Crippen molar-refractivity contribution >= 4 is 25.9 Å². The maximum absolute atomic E-state index is 12.3. The van der Waals surface area contributed by atoms with Gasteiger partial charge in [0, 0.05) is 32.0 Å². The predicted octanol–water partition coefficient (Wildman–Crippen LogP) is -0.651. The van der Waals surface area contributed by atoms with Gasteiger partial charge in [-0.3, -0.25) is 18.9 Å². The van der Waals surface area contributed by atoms with E-state index in [1.165, 1.54) is 20.0 Å². The first-order chi connectivity index (χ1) is 13.9. The number of methoxy groups -OCH3 is 1. The summed E-state index contributed by atoms with van der Waals surface area (Å²) in [6, 6.07) is 1.13. The highest BCUT2D eigenvalue weighted by Gasteiger charge is 2.61. The Balaban J connectivity index is 1.98. The van der Waals surface area contributed by atoms with Crippen molar-refractivity contribution in [3.8, 4) is 0 Å². The molecule has 30 heavy (non-hydrogen) atoms. The molecule has 12 nitrogen and oxygen atoms in total. The third kappa shape index (κ3) is 5.55. The normalized spacial score (nSPS) is 33.4. The highest BCUT2D eigenvalue weighted by atomic mass is 32.5. The van der Waals surface area contributed by atoms with Crippen molar-refractivity contribution in [2.24, 2.45) is 5.92 Å². The molecule has 170 valence electrons. The maximum Gasteiger partial charge on any atom is 0.330 e. The molecule has 7 unspecified atom stereocenters. The number of nitrogens with one attached hydrogen (secondary N) is 1. The van der Waals surface area contributed by atoms with Crippen molar-refractivity contribution in [3.05, 3.63) is 33.1 Å². The second-order valence-corrected chi connectivity index (χ2v) is 13.0. The molecule has 15 heteroatoms. The first-order valence-electron chi connectivity index (χ1n) is 9.03. The second kappa shape index (κ2) is 9.03. The smallest absolute Gasteiger partial charge is 0.330 e. The molecule has 4 N–H and O–H groups in total. The topological polar surface area (TPSA) is 170 Å². The van der Waals surface area contributed by atoms with Crippen LogP contribution >= 0.6 is 14.1 Å². The molecule has 0 amide bonds.